The Labute approximate surface area is 95.6 Å². The molecule has 2 aromatic rings. The van der Waals surface area contributed by atoms with Crippen LogP contribution in [0.1, 0.15) is 21.4 Å². The Morgan fingerprint density at radius 2 is 2.21 bits per heavy atom. The number of thiophene rings is 2. The lowest BCUT2D eigenvalue weighted by atomic mass is 10.2. The molecule has 0 aliphatic carbocycles. The van der Waals surface area contributed by atoms with Crippen molar-refractivity contribution in [2.24, 2.45) is 0 Å². The monoisotopic (exact) mass is 244 g/mol. The smallest absolute Gasteiger partial charge is 0.122 e. The zero-order valence-electron chi connectivity index (χ0n) is 7.53. The Kier molecular flexibility index (Phi) is 2.93. The van der Waals surface area contributed by atoms with Crippen LogP contribution in [0.5, 0.6) is 0 Å². The number of aliphatic hydroxyl groups is 1. The molecule has 0 aliphatic rings. The largest absolute Gasteiger partial charge is 0.382 e. The van der Waals surface area contributed by atoms with Gasteiger partial charge in [-0.1, -0.05) is 17.7 Å². The molecular weight excluding hydrogens is 236 g/mol. The molecule has 0 spiro atoms. The van der Waals surface area contributed by atoms with Gasteiger partial charge in [0.25, 0.3) is 0 Å². The van der Waals surface area contributed by atoms with Crippen molar-refractivity contribution in [2.45, 2.75) is 13.0 Å². The fourth-order valence-corrected chi connectivity index (χ4v) is 3.23. The maximum Gasteiger partial charge on any atom is 0.122 e. The van der Waals surface area contributed by atoms with Crippen LogP contribution in [0.15, 0.2) is 23.6 Å². The van der Waals surface area contributed by atoms with Crippen molar-refractivity contribution in [1.29, 1.82) is 0 Å². The van der Waals surface area contributed by atoms with Gasteiger partial charge in [-0.15, -0.1) is 22.7 Å². The first-order valence-electron chi connectivity index (χ1n) is 4.16. The van der Waals surface area contributed by atoms with E-state index in [-0.39, 0.29) is 0 Å². The predicted molar refractivity (Wildman–Crippen MR) is 62.4 cm³/mol. The van der Waals surface area contributed by atoms with E-state index in [2.05, 4.69) is 0 Å². The molecule has 14 heavy (non-hydrogen) atoms. The summed E-state index contributed by atoms with van der Waals surface area (Å²) in [6.45, 7) is 1.95. The molecule has 0 bridgehead atoms. The van der Waals surface area contributed by atoms with E-state index in [0.717, 1.165) is 19.7 Å². The van der Waals surface area contributed by atoms with Gasteiger partial charge in [-0.05, 0) is 30.0 Å². The highest BCUT2D eigenvalue weighted by molar-refractivity contribution is 7.16. The Morgan fingerprint density at radius 3 is 2.71 bits per heavy atom. The molecular formula is C10H9ClOS2. The van der Waals surface area contributed by atoms with Crippen LogP contribution in [-0.4, -0.2) is 5.11 Å². The summed E-state index contributed by atoms with van der Waals surface area (Å²) in [5.41, 5.74) is 1.03. The normalized spacial score (nSPS) is 13.1. The van der Waals surface area contributed by atoms with Crippen molar-refractivity contribution in [3.8, 4) is 0 Å². The van der Waals surface area contributed by atoms with Gasteiger partial charge in [0.1, 0.15) is 6.10 Å². The van der Waals surface area contributed by atoms with Crippen molar-refractivity contribution in [1.82, 2.24) is 0 Å². The summed E-state index contributed by atoms with van der Waals surface area (Å²) in [7, 11) is 0. The van der Waals surface area contributed by atoms with Crippen molar-refractivity contribution < 1.29 is 5.11 Å². The Bertz CT molecular complexity index is 400. The van der Waals surface area contributed by atoms with Crippen molar-refractivity contribution >= 4 is 34.3 Å². The summed E-state index contributed by atoms with van der Waals surface area (Å²) in [6, 6.07) is 5.81. The Balaban J connectivity index is 2.32. The Morgan fingerprint density at radius 1 is 1.43 bits per heavy atom. The molecule has 0 aliphatic heterocycles. The van der Waals surface area contributed by atoms with Gasteiger partial charge in [-0.2, -0.15) is 0 Å². The first-order valence-corrected chi connectivity index (χ1v) is 6.23. The lowest BCUT2D eigenvalue weighted by Gasteiger charge is -2.04. The SMILES string of the molecule is Cc1cc(C(O)c2cccs2)sc1Cl. The van der Waals surface area contributed by atoms with Gasteiger partial charge >= 0.3 is 0 Å². The maximum absolute atomic E-state index is 9.98. The highest BCUT2D eigenvalue weighted by Crippen LogP contribution is 2.35. The summed E-state index contributed by atoms with van der Waals surface area (Å²) in [4.78, 5) is 1.87. The first kappa shape index (κ1) is 10.2. The van der Waals surface area contributed by atoms with E-state index in [9.17, 15) is 5.11 Å². The minimum absolute atomic E-state index is 0.522. The fourth-order valence-electron chi connectivity index (χ4n) is 1.21. The van der Waals surface area contributed by atoms with Gasteiger partial charge in [0, 0.05) is 9.75 Å². The molecule has 2 aromatic heterocycles. The molecule has 0 aromatic carbocycles. The number of aryl methyl sites for hydroxylation is 1. The molecule has 0 saturated carbocycles. The molecule has 1 unspecified atom stereocenters. The summed E-state index contributed by atoms with van der Waals surface area (Å²) in [5.74, 6) is 0. The van der Waals surface area contributed by atoms with Crippen LogP contribution < -0.4 is 0 Å². The molecule has 0 radical (unpaired) electrons. The maximum atomic E-state index is 9.98. The lowest BCUT2D eigenvalue weighted by molar-refractivity contribution is 0.228. The average molecular weight is 245 g/mol. The number of hydrogen-bond donors (Lipinski definition) is 1. The molecule has 1 N–H and O–H groups in total. The lowest BCUT2D eigenvalue weighted by Crippen LogP contribution is -1.92. The van der Waals surface area contributed by atoms with Gasteiger partial charge in [0.2, 0.25) is 0 Å². The van der Waals surface area contributed by atoms with Crippen LogP contribution in [0, 0.1) is 6.92 Å². The highest BCUT2D eigenvalue weighted by Gasteiger charge is 2.15. The number of hydrogen-bond acceptors (Lipinski definition) is 3. The van der Waals surface area contributed by atoms with E-state index in [1.807, 2.05) is 30.5 Å². The van der Waals surface area contributed by atoms with Crippen LogP contribution in [0.3, 0.4) is 0 Å². The van der Waals surface area contributed by atoms with Crippen LogP contribution >= 0.6 is 34.3 Å². The molecule has 2 rings (SSSR count). The van der Waals surface area contributed by atoms with Crippen LogP contribution in [-0.2, 0) is 0 Å². The Hall–Kier alpha value is -0.350. The number of halogens is 1. The van der Waals surface area contributed by atoms with Gasteiger partial charge in [0.15, 0.2) is 0 Å². The molecule has 4 heteroatoms. The molecule has 1 nitrogen and oxygen atoms in total. The third-order valence-corrected chi connectivity index (χ3v) is 4.49. The van der Waals surface area contributed by atoms with E-state index in [4.69, 9.17) is 11.6 Å². The molecule has 74 valence electrons. The van der Waals surface area contributed by atoms with Gasteiger partial charge in [-0.25, -0.2) is 0 Å². The predicted octanol–water partition coefficient (Wildman–Crippen LogP) is 3.85. The average Bonchev–Trinajstić information content (AvgIpc) is 2.76. The van der Waals surface area contributed by atoms with Crippen molar-refractivity contribution in [3.63, 3.8) is 0 Å². The topological polar surface area (TPSA) is 20.2 Å². The first-order chi connectivity index (χ1) is 6.68. The van der Waals surface area contributed by atoms with Gasteiger partial charge in [0.05, 0.1) is 4.34 Å². The highest BCUT2D eigenvalue weighted by atomic mass is 35.5. The summed E-state index contributed by atoms with van der Waals surface area (Å²) in [5, 5.41) is 11.9. The second-order valence-electron chi connectivity index (χ2n) is 3.02. The zero-order valence-corrected chi connectivity index (χ0v) is 9.92. The minimum Gasteiger partial charge on any atom is -0.382 e. The molecule has 0 amide bonds. The summed E-state index contributed by atoms with van der Waals surface area (Å²) >= 11 is 8.94. The second kappa shape index (κ2) is 4.03. The summed E-state index contributed by atoms with van der Waals surface area (Å²) < 4.78 is 0.760. The van der Waals surface area contributed by atoms with E-state index >= 15 is 0 Å². The van der Waals surface area contributed by atoms with Gasteiger partial charge in [-0.3, -0.25) is 0 Å². The van der Waals surface area contributed by atoms with E-state index < -0.39 is 6.10 Å². The van der Waals surface area contributed by atoms with E-state index in [0.29, 0.717) is 0 Å². The summed E-state index contributed by atoms with van der Waals surface area (Å²) in [6.07, 6.45) is -0.522. The van der Waals surface area contributed by atoms with Crippen LogP contribution in [0.2, 0.25) is 4.34 Å². The van der Waals surface area contributed by atoms with Crippen LogP contribution in [0.25, 0.3) is 0 Å². The number of aliphatic hydroxyl groups excluding tert-OH is 1. The van der Waals surface area contributed by atoms with Crippen molar-refractivity contribution in [3.05, 3.63) is 43.2 Å². The van der Waals surface area contributed by atoms with Gasteiger partial charge < -0.3 is 5.11 Å². The van der Waals surface area contributed by atoms with Crippen LogP contribution in [0.4, 0.5) is 0 Å². The van der Waals surface area contributed by atoms with E-state index in [1.54, 1.807) is 11.3 Å². The molecule has 2 heterocycles. The second-order valence-corrected chi connectivity index (χ2v) is 5.69. The third-order valence-electron chi connectivity index (χ3n) is 1.96. The molecule has 0 fully saturated rings. The third kappa shape index (κ3) is 1.86. The molecule has 0 saturated heterocycles. The standard InChI is InChI=1S/C10H9ClOS2/c1-6-5-8(14-10(6)11)9(12)7-3-2-4-13-7/h2-5,9,12H,1H3. The quantitative estimate of drug-likeness (QED) is 0.851. The van der Waals surface area contributed by atoms with Crippen molar-refractivity contribution in [2.75, 3.05) is 0 Å². The number of rotatable bonds is 2. The van der Waals surface area contributed by atoms with E-state index in [1.165, 1.54) is 11.3 Å². The zero-order chi connectivity index (χ0) is 10.1. The minimum atomic E-state index is -0.522. The fraction of sp³-hybridized carbons (Fsp3) is 0.200. The molecule has 1 atom stereocenters.